The van der Waals surface area contributed by atoms with Gasteiger partial charge in [-0.15, -0.1) is 0 Å². The number of aliphatic hydroxyl groups is 2. The van der Waals surface area contributed by atoms with Crippen molar-refractivity contribution in [3.8, 4) is 0 Å². The maximum Gasteiger partial charge on any atom is 0.220 e. The molecule has 0 aliphatic carbocycles. The van der Waals surface area contributed by atoms with E-state index in [0.717, 1.165) is 25.7 Å². The molecular weight excluding hydrogens is 759 g/mol. The van der Waals surface area contributed by atoms with Gasteiger partial charge in [-0.1, -0.05) is 321 Å². The third-order valence-corrected chi connectivity index (χ3v) is 13.8. The zero-order valence-electron chi connectivity index (χ0n) is 42.7. The van der Waals surface area contributed by atoms with Crippen LogP contribution in [0.5, 0.6) is 0 Å². The number of hydrogen-bond donors (Lipinski definition) is 3. The van der Waals surface area contributed by atoms with Gasteiger partial charge < -0.3 is 15.5 Å². The van der Waals surface area contributed by atoms with Crippen molar-refractivity contribution in [2.24, 2.45) is 0 Å². The van der Waals surface area contributed by atoms with E-state index in [1.54, 1.807) is 6.08 Å². The first kappa shape index (κ1) is 61.1. The number of aliphatic hydroxyl groups excluding tert-OH is 2. The van der Waals surface area contributed by atoms with Crippen molar-refractivity contribution in [2.45, 2.75) is 347 Å². The van der Waals surface area contributed by atoms with Crippen molar-refractivity contribution >= 4 is 5.91 Å². The first-order chi connectivity index (χ1) is 30.7. The summed E-state index contributed by atoms with van der Waals surface area (Å²) >= 11 is 0. The van der Waals surface area contributed by atoms with Crippen LogP contribution in [0.4, 0.5) is 0 Å². The summed E-state index contributed by atoms with van der Waals surface area (Å²) in [5.74, 6) is -0.0552. The summed E-state index contributed by atoms with van der Waals surface area (Å²) in [6, 6.07) is -0.618. The molecule has 62 heavy (non-hydrogen) atoms. The number of unbranched alkanes of at least 4 members (excludes halogenated alkanes) is 47. The average Bonchev–Trinajstić information content (AvgIpc) is 3.28. The largest absolute Gasteiger partial charge is 0.394 e. The molecule has 370 valence electrons. The molecule has 0 aliphatic rings. The molecule has 0 aromatic carbocycles. The van der Waals surface area contributed by atoms with E-state index in [4.69, 9.17) is 0 Å². The van der Waals surface area contributed by atoms with E-state index in [0.29, 0.717) is 6.42 Å². The van der Waals surface area contributed by atoms with E-state index in [1.165, 1.54) is 289 Å². The Morgan fingerprint density at radius 3 is 0.839 bits per heavy atom. The van der Waals surface area contributed by atoms with Crippen LogP contribution in [0.25, 0.3) is 0 Å². The predicted molar refractivity (Wildman–Crippen MR) is 276 cm³/mol. The fourth-order valence-corrected chi connectivity index (χ4v) is 9.36. The highest BCUT2D eigenvalue weighted by Gasteiger charge is 2.18. The summed E-state index contributed by atoms with van der Waals surface area (Å²) < 4.78 is 0. The quantitative estimate of drug-likeness (QED) is 0.0421. The number of carbonyl (C=O) groups is 1. The summed E-state index contributed by atoms with van der Waals surface area (Å²) in [4.78, 5) is 12.5. The maximum atomic E-state index is 12.5. The number of amides is 1. The fraction of sp³-hybridized carbons (Fsp3) is 0.948. The minimum atomic E-state index is -0.836. The highest BCUT2D eigenvalue weighted by atomic mass is 16.3. The monoisotopic (exact) mass is 874 g/mol. The Balaban J connectivity index is 3.44. The van der Waals surface area contributed by atoms with E-state index in [2.05, 4.69) is 19.2 Å². The first-order valence-electron chi connectivity index (χ1n) is 28.9. The molecule has 1 amide bonds. The summed E-state index contributed by atoms with van der Waals surface area (Å²) in [6.45, 7) is 4.36. The van der Waals surface area contributed by atoms with Crippen molar-refractivity contribution in [1.82, 2.24) is 5.32 Å². The molecule has 0 fully saturated rings. The standard InChI is InChI=1S/C58H115NO3/c1-3-5-7-9-11-13-15-17-19-21-23-25-27-28-29-30-32-34-36-38-40-42-44-46-48-50-52-54-58(62)59-56(55-60)57(61)53-51-49-47-45-43-41-39-37-35-33-31-26-24-22-20-18-16-14-12-10-8-6-4-2/h51,53,56-57,60-61H,3-50,52,54-55H2,1-2H3,(H,59,62)/b53-51+. The maximum absolute atomic E-state index is 12.5. The Kier molecular flexibility index (Phi) is 53.7. The zero-order valence-corrected chi connectivity index (χ0v) is 42.7. The number of carbonyl (C=O) groups excluding carboxylic acids is 1. The second-order valence-corrected chi connectivity index (χ2v) is 20.1. The van der Waals surface area contributed by atoms with Gasteiger partial charge in [-0.05, 0) is 19.3 Å². The molecule has 0 aliphatic heterocycles. The Hall–Kier alpha value is -0.870. The lowest BCUT2D eigenvalue weighted by Gasteiger charge is -2.20. The SMILES string of the molecule is CCCCCCCCCCCCCCCCCCCCCCC/C=C/C(O)C(CO)NC(=O)CCCCCCCCCCCCCCCCCCCCCCCCCCCCC. The van der Waals surface area contributed by atoms with Gasteiger partial charge in [0.05, 0.1) is 18.8 Å². The van der Waals surface area contributed by atoms with Gasteiger partial charge in [0.1, 0.15) is 0 Å². The van der Waals surface area contributed by atoms with E-state index < -0.39 is 12.1 Å². The lowest BCUT2D eigenvalue weighted by atomic mass is 10.0. The Morgan fingerprint density at radius 2 is 0.597 bits per heavy atom. The molecule has 0 saturated heterocycles. The number of allylic oxidation sites excluding steroid dienone is 1. The van der Waals surface area contributed by atoms with E-state index in [-0.39, 0.29) is 12.5 Å². The van der Waals surface area contributed by atoms with Gasteiger partial charge in [0, 0.05) is 6.42 Å². The molecule has 4 nitrogen and oxygen atoms in total. The number of nitrogens with one attached hydrogen (secondary N) is 1. The normalized spacial score (nSPS) is 12.8. The average molecular weight is 875 g/mol. The van der Waals surface area contributed by atoms with Gasteiger partial charge in [-0.3, -0.25) is 4.79 Å². The van der Waals surface area contributed by atoms with Gasteiger partial charge in [0.2, 0.25) is 5.91 Å². The Labute approximate surface area is 390 Å². The van der Waals surface area contributed by atoms with E-state index in [1.807, 2.05) is 6.08 Å². The highest BCUT2D eigenvalue weighted by molar-refractivity contribution is 5.76. The van der Waals surface area contributed by atoms with Crippen LogP contribution in [0.1, 0.15) is 335 Å². The molecule has 0 heterocycles. The van der Waals surface area contributed by atoms with Crippen LogP contribution < -0.4 is 5.32 Å². The molecule has 4 heteroatoms. The molecule has 0 rings (SSSR count). The van der Waals surface area contributed by atoms with Gasteiger partial charge in [-0.25, -0.2) is 0 Å². The van der Waals surface area contributed by atoms with Crippen LogP contribution in [-0.2, 0) is 4.79 Å². The van der Waals surface area contributed by atoms with Crippen LogP contribution in [-0.4, -0.2) is 34.9 Å². The van der Waals surface area contributed by atoms with Crippen molar-refractivity contribution in [2.75, 3.05) is 6.61 Å². The van der Waals surface area contributed by atoms with Gasteiger partial charge in [0.25, 0.3) is 0 Å². The molecule has 3 N–H and O–H groups in total. The van der Waals surface area contributed by atoms with Crippen LogP contribution in [0.2, 0.25) is 0 Å². The van der Waals surface area contributed by atoms with Crippen LogP contribution in [0.3, 0.4) is 0 Å². The predicted octanol–water partition coefficient (Wildman–Crippen LogP) is 18.9. The third-order valence-electron chi connectivity index (χ3n) is 13.8. The second kappa shape index (κ2) is 54.5. The molecule has 0 radical (unpaired) electrons. The summed E-state index contributed by atoms with van der Waals surface area (Å²) in [7, 11) is 0. The minimum Gasteiger partial charge on any atom is -0.394 e. The Morgan fingerprint density at radius 1 is 0.371 bits per heavy atom. The first-order valence-corrected chi connectivity index (χ1v) is 28.9. The summed E-state index contributed by atoms with van der Waals surface area (Å²) in [5, 5.41) is 23.2. The van der Waals surface area contributed by atoms with Crippen molar-refractivity contribution < 1.29 is 15.0 Å². The minimum absolute atomic E-state index is 0.0552. The summed E-state index contributed by atoms with van der Waals surface area (Å²) in [5.41, 5.74) is 0. The summed E-state index contributed by atoms with van der Waals surface area (Å²) in [6.07, 6.45) is 71.0. The molecular formula is C58H115NO3. The van der Waals surface area contributed by atoms with Gasteiger partial charge in [0.15, 0.2) is 0 Å². The highest BCUT2D eigenvalue weighted by Crippen LogP contribution is 2.18. The number of hydrogen-bond acceptors (Lipinski definition) is 3. The molecule has 0 bridgehead atoms. The lowest BCUT2D eigenvalue weighted by molar-refractivity contribution is -0.123. The van der Waals surface area contributed by atoms with Crippen LogP contribution in [0.15, 0.2) is 12.2 Å². The molecule has 0 spiro atoms. The molecule has 0 saturated carbocycles. The molecule has 2 atom stereocenters. The smallest absolute Gasteiger partial charge is 0.220 e. The molecule has 2 unspecified atom stereocenters. The van der Waals surface area contributed by atoms with Crippen LogP contribution in [0, 0.1) is 0 Å². The molecule has 0 aromatic rings. The second-order valence-electron chi connectivity index (χ2n) is 20.1. The van der Waals surface area contributed by atoms with Crippen LogP contribution >= 0.6 is 0 Å². The van der Waals surface area contributed by atoms with Crippen molar-refractivity contribution in [3.63, 3.8) is 0 Å². The van der Waals surface area contributed by atoms with E-state index in [9.17, 15) is 15.0 Å². The van der Waals surface area contributed by atoms with E-state index >= 15 is 0 Å². The Bertz CT molecular complexity index is 860. The number of rotatable bonds is 54. The van der Waals surface area contributed by atoms with Crippen molar-refractivity contribution in [1.29, 1.82) is 0 Å². The van der Waals surface area contributed by atoms with Crippen molar-refractivity contribution in [3.05, 3.63) is 12.2 Å². The third kappa shape index (κ3) is 50.1. The fourth-order valence-electron chi connectivity index (χ4n) is 9.36. The van der Waals surface area contributed by atoms with Gasteiger partial charge >= 0.3 is 0 Å². The van der Waals surface area contributed by atoms with Gasteiger partial charge in [-0.2, -0.15) is 0 Å². The molecule has 0 aromatic heterocycles. The lowest BCUT2D eigenvalue weighted by Crippen LogP contribution is -2.45. The zero-order chi connectivity index (χ0) is 44.9. The topological polar surface area (TPSA) is 69.6 Å².